The van der Waals surface area contributed by atoms with Crippen LogP contribution < -0.4 is 15.4 Å². The van der Waals surface area contributed by atoms with Crippen molar-refractivity contribution in [2.75, 3.05) is 36.9 Å². The predicted molar refractivity (Wildman–Crippen MR) is 179 cm³/mol. The predicted octanol–water partition coefficient (Wildman–Crippen LogP) is 7.08. The molecule has 1 aliphatic rings. The number of rotatable bonds is 12. The molecule has 0 aromatic heterocycles. The number of anilines is 2. The van der Waals surface area contributed by atoms with Crippen LogP contribution >= 0.6 is 0 Å². The largest absolute Gasteiger partial charge is 0.492 e. The Morgan fingerprint density at radius 1 is 0.932 bits per heavy atom. The number of esters is 1. The van der Waals surface area contributed by atoms with Crippen molar-refractivity contribution in [3.8, 4) is 5.75 Å². The summed E-state index contributed by atoms with van der Waals surface area (Å²) in [6.07, 6.45) is 3.52. The molecule has 44 heavy (non-hydrogen) atoms. The number of ether oxygens (including phenoxy) is 2. The number of allylic oxidation sites excluding steroid dienone is 1. The summed E-state index contributed by atoms with van der Waals surface area (Å²) in [6.45, 7) is 17.5. The van der Waals surface area contributed by atoms with Crippen LogP contribution in [-0.2, 0) is 4.74 Å². The smallest absolute Gasteiger partial charge is 0.338 e. The monoisotopic (exact) mass is 594 g/mol. The third kappa shape index (κ3) is 9.15. The third-order valence-corrected chi connectivity index (χ3v) is 7.02. The number of hydrogen-bond acceptors (Lipinski definition) is 7. The van der Waals surface area contributed by atoms with Gasteiger partial charge in [-0.2, -0.15) is 0 Å². The highest BCUT2D eigenvalue weighted by molar-refractivity contribution is 6.12. The van der Waals surface area contributed by atoms with E-state index in [1.54, 1.807) is 36.4 Å². The average molecular weight is 595 g/mol. The molecule has 8 heteroatoms. The summed E-state index contributed by atoms with van der Waals surface area (Å²) < 4.78 is 11.3. The third-order valence-electron chi connectivity index (χ3n) is 7.02. The number of dihydropyridines is 1. The molecule has 2 N–H and O–H groups in total. The van der Waals surface area contributed by atoms with Crippen molar-refractivity contribution in [3.63, 3.8) is 0 Å². The molecule has 0 radical (unpaired) electrons. The first-order valence-electron chi connectivity index (χ1n) is 14.9. The van der Waals surface area contributed by atoms with E-state index in [4.69, 9.17) is 9.47 Å². The average Bonchev–Trinajstić information content (AvgIpc) is 3.00. The topological polar surface area (TPSA) is 92.3 Å². The van der Waals surface area contributed by atoms with Gasteiger partial charge in [0.1, 0.15) is 24.1 Å². The normalized spacial score (nSPS) is 14.6. The second-order valence-corrected chi connectivity index (χ2v) is 11.5. The molecule has 8 nitrogen and oxygen atoms in total. The van der Waals surface area contributed by atoms with Gasteiger partial charge in [0.15, 0.2) is 0 Å². The molecule has 0 bridgehead atoms. The molecule has 3 aromatic rings. The highest BCUT2D eigenvalue weighted by atomic mass is 16.6. The van der Waals surface area contributed by atoms with Gasteiger partial charge in [0.25, 0.3) is 5.91 Å². The number of carbonyl (C=O) groups excluding carboxylic acids is 2. The second-order valence-electron chi connectivity index (χ2n) is 11.5. The van der Waals surface area contributed by atoms with Crippen molar-refractivity contribution in [2.45, 2.75) is 46.4 Å². The van der Waals surface area contributed by atoms with Crippen molar-refractivity contribution in [1.29, 1.82) is 0 Å². The quantitative estimate of drug-likeness (QED) is 0.218. The van der Waals surface area contributed by atoms with Crippen LogP contribution in [0.3, 0.4) is 0 Å². The molecule has 1 heterocycles. The Morgan fingerprint density at radius 2 is 1.64 bits per heavy atom. The van der Waals surface area contributed by atoms with E-state index in [9.17, 15) is 9.59 Å². The molecule has 0 saturated heterocycles. The van der Waals surface area contributed by atoms with Crippen LogP contribution in [0.1, 0.15) is 60.9 Å². The minimum absolute atomic E-state index is 0.279. The lowest BCUT2D eigenvalue weighted by Gasteiger charge is -2.21. The highest BCUT2D eigenvalue weighted by Gasteiger charge is 2.19. The summed E-state index contributed by atoms with van der Waals surface area (Å²) >= 11 is 0. The molecule has 4 rings (SSSR count). The molecule has 1 amide bonds. The van der Waals surface area contributed by atoms with Crippen molar-refractivity contribution >= 4 is 35.0 Å². The fraction of sp³-hybridized carbons (Fsp3) is 0.306. The maximum atomic E-state index is 12.9. The van der Waals surface area contributed by atoms with Gasteiger partial charge >= 0.3 is 5.97 Å². The Bertz CT molecular complexity index is 1510. The number of amides is 1. The Hall–Kier alpha value is -4.69. The number of nitrogens with one attached hydrogen (secondary N) is 2. The SMILES string of the molecule is C=C1C=C(c2ccc(C(=O)Nc3cccc(C(=O)OC(C)(C)C)c3)cc2)C=NC1Nc1ccc(OCCN(CC)CC)cc1. The second kappa shape index (κ2) is 14.7. The van der Waals surface area contributed by atoms with Crippen molar-refractivity contribution < 1.29 is 19.1 Å². The lowest BCUT2D eigenvalue weighted by molar-refractivity contribution is 0.00694. The summed E-state index contributed by atoms with van der Waals surface area (Å²) in [5.41, 5.74) is 4.34. The lowest BCUT2D eigenvalue weighted by Crippen LogP contribution is -2.27. The summed E-state index contributed by atoms with van der Waals surface area (Å²) in [6, 6.07) is 21.9. The molecule has 1 aliphatic heterocycles. The zero-order chi connectivity index (χ0) is 31.7. The highest BCUT2D eigenvalue weighted by Crippen LogP contribution is 2.25. The molecule has 1 unspecified atom stereocenters. The number of nitrogens with zero attached hydrogens (tertiary/aromatic N) is 2. The van der Waals surface area contributed by atoms with Gasteiger partial charge in [-0.25, -0.2) is 4.79 Å². The maximum absolute atomic E-state index is 12.9. The molecule has 230 valence electrons. The van der Waals surface area contributed by atoms with Crippen molar-refractivity contribution in [1.82, 2.24) is 4.90 Å². The summed E-state index contributed by atoms with van der Waals surface area (Å²) in [5, 5.41) is 6.26. The van der Waals surface area contributed by atoms with E-state index in [1.807, 2.05) is 69.5 Å². The molecule has 3 aromatic carbocycles. The molecular formula is C36H42N4O4. The molecule has 0 fully saturated rings. The zero-order valence-corrected chi connectivity index (χ0v) is 26.2. The standard InChI is InChI=1S/C36H42N4O4/c1-7-40(8-2)20-21-43-32-18-16-30(17-19-32)38-33-25(3)22-29(24-37-33)26-12-14-27(15-13-26)34(41)39-31-11-9-10-28(23-31)35(42)44-36(4,5)6/h9-19,22-24,33,38H,3,7-8,20-21H2,1-2,4-6H3,(H,39,41). The van der Waals surface area contributed by atoms with E-state index in [0.29, 0.717) is 23.4 Å². The van der Waals surface area contributed by atoms with Crippen LogP contribution in [0.2, 0.25) is 0 Å². The van der Waals surface area contributed by atoms with Gasteiger partial charge in [0.05, 0.1) is 5.56 Å². The van der Waals surface area contributed by atoms with Crippen LogP contribution in [0, 0.1) is 0 Å². The number of likely N-dealkylation sites (N-methyl/N-ethyl adjacent to an activating group) is 1. The van der Waals surface area contributed by atoms with E-state index in [2.05, 4.69) is 41.0 Å². The summed E-state index contributed by atoms with van der Waals surface area (Å²) in [7, 11) is 0. The van der Waals surface area contributed by atoms with Gasteiger partial charge in [-0.05, 0) is 106 Å². The Morgan fingerprint density at radius 3 is 2.27 bits per heavy atom. The Kier molecular flexibility index (Phi) is 10.7. The van der Waals surface area contributed by atoms with Gasteiger partial charge in [0, 0.05) is 35.3 Å². The lowest BCUT2D eigenvalue weighted by atomic mass is 9.99. The Balaban J connectivity index is 1.31. The Labute approximate surface area is 260 Å². The number of hydrogen-bond donors (Lipinski definition) is 2. The van der Waals surface area contributed by atoms with Crippen molar-refractivity contribution in [3.05, 3.63) is 108 Å². The zero-order valence-electron chi connectivity index (χ0n) is 26.2. The van der Waals surface area contributed by atoms with E-state index in [0.717, 1.165) is 47.8 Å². The fourth-order valence-corrected chi connectivity index (χ4v) is 4.57. The molecular weight excluding hydrogens is 552 g/mol. The van der Waals surface area contributed by atoms with E-state index in [1.165, 1.54) is 0 Å². The van der Waals surface area contributed by atoms with Gasteiger partial charge in [-0.1, -0.05) is 38.6 Å². The minimum atomic E-state index is -0.604. The van der Waals surface area contributed by atoms with Crippen LogP contribution in [-0.4, -0.2) is 61.0 Å². The van der Waals surface area contributed by atoms with Gasteiger partial charge in [-0.3, -0.25) is 9.79 Å². The summed E-state index contributed by atoms with van der Waals surface area (Å²) in [5.74, 6) is 0.115. The van der Waals surface area contributed by atoms with Crippen LogP contribution in [0.15, 0.2) is 96.0 Å². The molecule has 0 aliphatic carbocycles. The van der Waals surface area contributed by atoms with Gasteiger partial charge in [-0.15, -0.1) is 0 Å². The van der Waals surface area contributed by atoms with Crippen LogP contribution in [0.25, 0.3) is 5.57 Å². The fourth-order valence-electron chi connectivity index (χ4n) is 4.57. The first-order valence-corrected chi connectivity index (χ1v) is 14.9. The van der Waals surface area contributed by atoms with E-state index < -0.39 is 11.6 Å². The van der Waals surface area contributed by atoms with Crippen LogP contribution in [0.4, 0.5) is 11.4 Å². The molecule has 1 atom stereocenters. The number of carbonyl (C=O) groups is 2. The first-order chi connectivity index (χ1) is 21.0. The van der Waals surface area contributed by atoms with E-state index >= 15 is 0 Å². The number of benzene rings is 3. The van der Waals surface area contributed by atoms with Crippen LogP contribution in [0.5, 0.6) is 5.75 Å². The van der Waals surface area contributed by atoms with Gasteiger partial charge < -0.3 is 25.0 Å². The maximum Gasteiger partial charge on any atom is 0.338 e. The van der Waals surface area contributed by atoms with E-state index in [-0.39, 0.29) is 12.1 Å². The molecule has 0 spiro atoms. The number of aliphatic imine (C=N–C) groups is 1. The first kappa shape index (κ1) is 32.2. The summed E-state index contributed by atoms with van der Waals surface area (Å²) in [4.78, 5) is 32.3. The van der Waals surface area contributed by atoms with Gasteiger partial charge in [0.2, 0.25) is 0 Å². The minimum Gasteiger partial charge on any atom is -0.492 e. The molecule has 0 saturated carbocycles. The van der Waals surface area contributed by atoms with Crippen molar-refractivity contribution in [2.24, 2.45) is 4.99 Å².